The van der Waals surface area contributed by atoms with Crippen molar-refractivity contribution in [1.82, 2.24) is 9.88 Å². The Morgan fingerprint density at radius 3 is 2.77 bits per heavy atom. The molecule has 4 rings (SSSR count). The number of halogens is 2. The molecule has 0 fully saturated rings. The maximum Gasteiger partial charge on any atom is 0.252 e. The highest BCUT2D eigenvalue weighted by molar-refractivity contribution is 7.22. The van der Waals surface area contributed by atoms with Gasteiger partial charge in [-0.2, -0.15) is 0 Å². The molecule has 0 unspecified atom stereocenters. The van der Waals surface area contributed by atoms with E-state index in [1.807, 2.05) is 49.3 Å². The molecule has 0 saturated heterocycles. The molecule has 6 nitrogen and oxygen atoms in total. The van der Waals surface area contributed by atoms with Crippen LogP contribution in [0.3, 0.4) is 0 Å². The third-order valence-electron chi connectivity index (χ3n) is 4.42. The molecular formula is C21H21Cl2N3O3S. The standard InChI is InChI=1S/C21H20ClN3O3S.ClH/c1-24(2)9-10-25(21-23-16-6-5-15(22)12-19(16)29-21)20(26)8-4-14-3-7-17-18(11-14)28-13-27-17;/h3-8,11-12H,9-10,13H2,1-2H3;1H. The summed E-state index contributed by atoms with van der Waals surface area (Å²) >= 11 is 7.55. The summed E-state index contributed by atoms with van der Waals surface area (Å²) in [5.41, 5.74) is 1.70. The van der Waals surface area contributed by atoms with Crippen molar-refractivity contribution < 1.29 is 14.3 Å². The van der Waals surface area contributed by atoms with E-state index in [4.69, 9.17) is 21.1 Å². The van der Waals surface area contributed by atoms with E-state index in [2.05, 4.69) is 4.98 Å². The van der Waals surface area contributed by atoms with Crippen molar-refractivity contribution >= 4 is 62.7 Å². The molecule has 0 N–H and O–H groups in total. The lowest BCUT2D eigenvalue weighted by molar-refractivity contribution is -0.114. The van der Waals surface area contributed by atoms with Gasteiger partial charge in [-0.05, 0) is 56.1 Å². The molecule has 1 amide bonds. The first-order valence-electron chi connectivity index (χ1n) is 9.10. The number of rotatable bonds is 6. The molecule has 9 heteroatoms. The van der Waals surface area contributed by atoms with Crippen molar-refractivity contribution in [2.75, 3.05) is 38.9 Å². The fraction of sp³-hybridized carbons (Fsp3) is 0.238. The quantitative estimate of drug-likeness (QED) is 0.493. The number of aromatic nitrogens is 1. The first-order chi connectivity index (χ1) is 14.0. The van der Waals surface area contributed by atoms with E-state index in [-0.39, 0.29) is 25.1 Å². The van der Waals surface area contributed by atoms with Gasteiger partial charge in [0.2, 0.25) is 6.79 Å². The van der Waals surface area contributed by atoms with E-state index in [9.17, 15) is 4.79 Å². The summed E-state index contributed by atoms with van der Waals surface area (Å²) in [6, 6.07) is 11.1. The number of carbonyl (C=O) groups excluding carboxylic acids is 1. The second-order valence-electron chi connectivity index (χ2n) is 6.85. The van der Waals surface area contributed by atoms with Gasteiger partial charge in [0.25, 0.3) is 5.91 Å². The Morgan fingerprint density at radius 2 is 1.97 bits per heavy atom. The topological polar surface area (TPSA) is 54.9 Å². The molecule has 1 aromatic heterocycles. The molecule has 3 aromatic rings. The molecule has 30 heavy (non-hydrogen) atoms. The van der Waals surface area contributed by atoms with Gasteiger partial charge in [-0.25, -0.2) is 4.98 Å². The van der Waals surface area contributed by atoms with Crippen molar-refractivity contribution in [3.05, 3.63) is 53.1 Å². The summed E-state index contributed by atoms with van der Waals surface area (Å²) in [5, 5.41) is 1.31. The van der Waals surface area contributed by atoms with Gasteiger partial charge in [0.1, 0.15) is 0 Å². The average molecular weight is 466 g/mol. The second-order valence-corrected chi connectivity index (χ2v) is 8.29. The van der Waals surface area contributed by atoms with Crippen molar-refractivity contribution in [3.63, 3.8) is 0 Å². The van der Waals surface area contributed by atoms with Crippen LogP contribution in [0, 0.1) is 0 Å². The van der Waals surface area contributed by atoms with E-state index < -0.39 is 0 Å². The Balaban J connectivity index is 0.00000256. The first kappa shape index (κ1) is 22.4. The minimum atomic E-state index is -0.130. The number of thiazole rings is 1. The predicted molar refractivity (Wildman–Crippen MR) is 124 cm³/mol. The van der Waals surface area contributed by atoms with Gasteiger partial charge in [0.05, 0.1) is 10.2 Å². The van der Waals surface area contributed by atoms with Crippen LogP contribution in [-0.4, -0.2) is 49.8 Å². The number of ether oxygens (including phenoxy) is 2. The average Bonchev–Trinajstić information content (AvgIpc) is 3.32. The predicted octanol–water partition coefficient (Wildman–Crippen LogP) is 4.71. The normalized spacial score (nSPS) is 12.5. The number of hydrogen-bond donors (Lipinski definition) is 0. The van der Waals surface area contributed by atoms with Crippen LogP contribution in [0.15, 0.2) is 42.5 Å². The fourth-order valence-corrected chi connectivity index (χ4v) is 4.15. The van der Waals surface area contributed by atoms with Gasteiger partial charge in [-0.15, -0.1) is 12.4 Å². The summed E-state index contributed by atoms with van der Waals surface area (Å²) in [7, 11) is 3.95. The highest BCUT2D eigenvalue weighted by atomic mass is 35.5. The number of nitrogens with zero attached hydrogens (tertiary/aromatic N) is 3. The maximum atomic E-state index is 13.0. The SMILES string of the molecule is CN(C)CCN(C(=O)C=Cc1ccc2c(c1)OCO2)c1nc2ccc(Cl)cc2s1.Cl. The Labute approximate surface area is 190 Å². The van der Waals surface area contributed by atoms with Crippen molar-refractivity contribution in [3.8, 4) is 11.5 Å². The summed E-state index contributed by atoms with van der Waals surface area (Å²) < 4.78 is 11.7. The molecular weight excluding hydrogens is 445 g/mol. The highest BCUT2D eigenvalue weighted by Gasteiger charge is 2.18. The van der Waals surface area contributed by atoms with E-state index in [1.165, 1.54) is 11.3 Å². The van der Waals surface area contributed by atoms with Crippen LogP contribution in [0.5, 0.6) is 11.5 Å². The third-order valence-corrected chi connectivity index (χ3v) is 5.70. The van der Waals surface area contributed by atoms with Gasteiger partial charge in [-0.1, -0.05) is 29.0 Å². The van der Waals surface area contributed by atoms with E-state index in [0.717, 1.165) is 22.3 Å². The van der Waals surface area contributed by atoms with Crippen molar-refractivity contribution in [1.29, 1.82) is 0 Å². The second kappa shape index (κ2) is 9.66. The number of hydrogen-bond acceptors (Lipinski definition) is 6. The largest absolute Gasteiger partial charge is 0.454 e. The zero-order valence-electron chi connectivity index (χ0n) is 16.5. The van der Waals surface area contributed by atoms with Crippen LogP contribution in [0.2, 0.25) is 5.02 Å². The Morgan fingerprint density at radius 1 is 1.17 bits per heavy atom. The summed E-state index contributed by atoms with van der Waals surface area (Å²) in [4.78, 5) is 21.4. The lowest BCUT2D eigenvalue weighted by Gasteiger charge is -2.20. The van der Waals surface area contributed by atoms with Crippen molar-refractivity contribution in [2.24, 2.45) is 0 Å². The van der Waals surface area contributed by atoms with E-state index >= 15 is 0 Å². The Kier molecular flexibility index (Phi) is 7.20. The lowest BCUT2D eigenvalue weighted by atomic mass is 10.2. The van der Waals surface area contributed by atoms with E-state index in [0.29, 0.717) is 28.2 Å². The summed E-state index contributed by atoms with van der Waals surface area (Å²) in [5.74, 6) is 1.27. The Hall–Kier alpha value is -2.32. The lowest BCUT2D eigenvalue weighted by Crippen LogP contribution is -2.35. The van der Waals surface area contributed by atoms with Crippen LogP contribution < -0.4 is 14.4 Å². The molecule has 0 atom stereocenters. The molecule has 0 radical (unpaired) electrons. The molecule has 0 bridgehead atoms. The molecule has 158 valence electrons. The smallest absolute Gasteiger partial charge is 0.252 e. The number of likely N-dealkylation sites (N-methyl/N-ethyl adjacent to an activating group) is 1. The van der Waals surface area contributed by atoms with Gasteiger partial charge in [0.15, 0.2) is 16.6 Å². The number of fused-ring (bicyclic) bond motifs is 2. The fourth-order valence-electron chi connectivity index (χ4n) is 2.88. The van der Waals surface area contributed by atoms with Gasteiger partial charge < -0.3 is 14.4 Å². The summed E-state index contributed by atoms with van der Waals surface area (Å²) in [6.45, 7) is 1.48. The van der Waals surface area contributed by atoms with Crippen LogP contribution in [-0.2, 0) is 4.79 Å². The Bertz CT molecular complexity index is 1080. The minimum Gasteiger partial charge on any atom is -0.454 e. The van der Waals surface area contributed by atoms with Crippen LogP contribution in [0.4, 0.5) is 5.13 Å². The number of benzene rings is 2. The van der Waals surface area contributed by atoms with Crippen LogP contribution >= 0.6 is 35.3 Å². The van der Waals surface area contributed by atoms with Crippen LogP contribution in [0.1, 0.15) is 5.56 Å². The molecule has 0 spiro atoms. The summed E-state index contributed by atoms with van der Waals surface area (Å²) in [6.07, 6.45) is 3.34. The van der Waals surface area contributed by atoms with Gasteiger partial charge in [-0.3, -0.25) is 9.69 Å². The first-order valence-corrected chi connectivity index (χ1v) is 10.3. The molecule has 2 heterocycles. The monoisotopic (exact) mass is 465 g/mol. The number of anilines is 1. The van der Waals surface area contributed by atoms with Crippen molar-refractivity contribution in [2.45, 2.75) is 0 Å². The number of carbonyl (C=O) groups is 1. The van der Waals surface area contributed by atoms with Crippen LogP contribution in [0.25, 0.3) is 16.3 Å². The number of amides is 1. The van der Waals surface area contributed by atoms with Gasteiger partial charge >= 0.3 is 0 Å². The third kappa shape index (κ3) is 5.05. The molecule has 2 aromatic carbocycles. The molecule has 1 aliphatic heterocycles. The molecule has 0 aliphatic carbocycles. The minimum absolute atomic E-state index is 0. The van der Waals surface area contributed by atoms with E-state index in [1.54, 1.807) is 23.1 Å². The molecule has 1 aliphatic rings. The zero-order valence-corrected chi connectivity index (χ0v) is 18.9. The zero-order chi connectivity index (χ0) is 20.4. The maximum absolute atomic E-state index is 13.0. The molecule has 0 saturated carbocycles. The van der Waals surface area contributed by atoms with Gasteiger partial charge in [0, 0.05) is 24.2 Å². The highest BCUT2D eigenvalue weighted by Crippen LogP contribution is 2.33.